The Balaban J connectivity index is 2.06. The van der Waals surface area contributed by atoms with Gasteiger partial charge in [0.25, 0.3) is 0 Å². The summed E-state index contributed by atoms with van der Waals surface area (Å²) in [5, 5.41) is 12.1. The van der Waals surface area contributed by atoms with Gasteiger partial charge in [-0.15, -0.1) is 0 Å². The first-order chi connectivity index (χ1) is 10.6. The number of anilines is 1. The van der Waals surface area contributed by atoms with E-state index in [2.05, 4.69) is 33.4 Å². The summed E-state index contributed by atoms with van der Waals surface area (Å²) < 4.78 is 5.19. The Morgan fingerprint density at radius 1 is 1.23 bits per heavy atom. The molecule has 0 aliphatic heterocycles. The quantitative estimate of drug-likeness (QED) is 0.888. The van der Waals surface area contributed by atoms with Crippen LogP contribution >= 0.6 is 0 Å². The van der Waals surface area contributed by atoms with E-state index in [0.717, 1.165) is 18.1 Å². The lowest BCUT2D eigenvalue weighted by molar-refractivity contribution is 0.311. The van der Waals surface area contributed by atoms with Gasteiger partial charge in [-0.1, -0.05) is 12.1 Å². The minimum absolute atomic E-state index is 0.211. The monoisotopic (exact) mass is 296 g/mol. The van der Waals surface area contributed by atoms with Crippen LogP contribution < -0.4 is 10.1 Å². The van der Waals surface area contributed by atoms with Gasteiger partial charge in [0.1, 0.15) is 17.6 Å². The predicted octanol–water partition coefficient (Wildman–Crippen LogP) is 2.68. The first-order valence-electron chi connectivity index (χ1n) is 7.04. The van der Waals surface area contributed by atoms with Crippen LogP contribution in [0, 0.1) is 11.3 Å². The second-order valence-corrected chi connectivity index (χ2v) is 5.18. The molecule has 0 saturated heterocycles. The zero-order chi connectivity index (χ0) is 15.9. The summed E-state index contributed by atoms with van der Waals surface area (Å²) in [6.45, 7) is 0.720. The number of ether oxygens (including phenoxy) is 1. The molecule has 0 amide bonds. The molecule has 0 saturated carbocycles. The fourth-order valence-electron chi connectivity index (χ4n) is 2.19. The molecule has 1 atom stereocenters. The van der Waals surface area contributed by atoms with Crippen molar-refractivity contribution in [1.82, 2.24) is 9.88 Å². The maximum absolute atomic E-state index is 8.78. The van der Waals surface area contributed by atoms with E-state index in [1.54, 1.807) is 19.4 Å². The van der Waals surface area contributed by atoms with Gasteiger partial charge in [0.2, 0.25) is 0 Å². The topological polar surface area (TPSA) is 61.2 Å². The zero-order valence-corrected chi connectivity index (χ0v) is 13.1. The second-order valence-electron chi connectivity index (χ2n) is 5.18. The van der Waals surface area contributed by atoms with E-state index in [0.29, 0.717) is 5.56 Å². The lowest BCUT2D eigenvalue weighted by atomic mass is 10.1. The largest absolute Gasteiger partial charge is 0.497 e. The van der Waals surface area contributed by atoms with Crippen molar-refractivity contribution in [2.45, 2.75) is 6.04 Å². The molecule has 0 fully saturated rings. The Morgan fingerprint density at radius 3 is 2.45 bits per heavy atom. The van der Waals surface area contributed by atoms with Gasteiger partial charge in [-0.25, -0.2) is 4.98 Å². The third kappa shape index (κ3) is 3.96. The molecule has 1 heterocycles. The van der Waals surface area contributed by atoms with Crippen LogP contribution in [0.5, 0.6) is 5.75 Å². The molecule has 1 aromatic heterocycles. The Morgan fingerprint density at radius 2 is 1.95 bits per heavy atom. The number of nitrogens with zero attached hydrogens (tertiary/aromatic N) is 3. The van der Waals surface area contributed by atoms with Gasteiger partial charge in [-0.3, -0.25) is 0 Å². The van der Waals surface area contributed by atoms with Crippen LogP contribution in [-0.4, -0.2) is 37.6 Å². The number of methoxy groups -OCH3 is 1. The van der Waals surface area contributed by atoms with Gasteiger partial charge in [0.15, 0.2) is 0 Å². The fraction of sp³-hybridized carbons (Fsp3) is 0.294. The summed E-state index contributed by atoms with van der Waals surface area (Å²) in [5.41, 5.74) is 1.76. The van der Waals surface area contributed by atoms with Crippen molar-refractivity contribution in [3.8, 4) is 11.8 Å². The van der Waals surface area contributed by atoms with Crippen molar-refractivity contribution in [2.24, 2.45) is 0 Å². The lowest BCUT2D eigenvalue weighted by Crippen LogP contribution is -2.27. The first-order valence-corrected chi connectivity index (χ1v) is 7.04. The molecule has 5 nitrogen and oxygen atoms in total. The standard InChI is InChI=1S/C17H20N4O/c1-21(2)16(14-5-7-15(22-3)8-6-14)12-20-17-9-4-13(10-18)11-19-17/h4-9,11,16H,12H2,1-3H3,(H,19,20). The molecule has 0 bridgehead atoms. The van der Waals surface area contributed by atoms with Crippen molar-refractivity contribution in [1.29, 1.82) is 5.26 Å². The molecule has 0 spiro atoms. The van der Waals surface area contributed by atoms with Gasteiger partial charge < -0.3 is 15.0 Å². The number of rotatable bonds is 6. The number of benzene rings is 1. The molecule has 1 N–H and O–H groups in total. The van der Waals surface area contributed by atoms with Crippen LogP contribution in [0.2, 0.25) is 0 Å². The molecule has 5 heteroatoms. The maximum atomic E-state index is 8.78. The van der Waals surface area contributed by atoms with Crippen LogP contribution in [0.4, 0.5) is 5.82 Å². The summed E-state index contributed by atoms with van der Waals surface area (Å²) in [7, 11) is 5.75. The molecule has 2 rings (SSSR count). The maximum Gasteiger partial charge on any atom is 0.126 e. The van der Waals surface area contributed by atoms with E-state index < -0.39 is 0 Å². The summed E-state index contributed by atoms with van der Waals surface area (Å²) in [5.74, 6) is 1.61. The van der Waals surface area contributed by atoms with E-state index in [1.165, 1.54) is 5.56 Å². The molecule has 0 radical (unpaired) electrons. The van der Waals surface area contributed by atoms with Crippen LogP contribution in [0.25, 0.3) is 0 Å². The molecule has 0 aliphatic rings. The number of likely N-dealkylation sites (N-methyl/N-ethyl adjacent to an activating group) is 1. The number of pyridine rings is 1. The first kappa shape index (κ1) is 15.8. The van der Waals surface area contributed by atoms with E-state index in [9.17, 15) is 0 Å². The summed E-state index contributed by atoms with van der Waals surface area (Å²) >= 11 is 0. The summed E-state index contributed by atoms with van der Waals surface area (Å²) in [6.07, 6.45) is 1.57. The molecule has 22 heavy (non-hydrogen) atoms. The van der Waals surface area contributed by atoms with Gasteiger partial charge in [0, 0.05) is 12.7 Å². The van der Waals surface area contributed by atoms with Gasteiger partial charge in [0.05, 0.1) is 18.7 Å². The average molecular weight is 296 g/mol. The van der Waals surface area contributed by atoms with Gasteiger partial charge >= 0.3 is 0 Å². The van der Waals surface area contributed by atoms with Crippen LogP contribution in [0.3, 0.4) is 0 Å². The number of nitrogens with one attached hydrogen (secondary N) is 1. The van der Waals surface area contributed by atoms with Gasteiger partial charge in [-0.05, 0) is 43.9 Å². The minimum atomic E-state index is 0.211. The predicted molar refractivity (Wildman–Crippen MR) is 86.9 cm³/mol. The van der Waals surface area contributed by atoms with Crippen molar-refractivity contribution in [3.63, 3.8) is 0 Å². The molecule has 1 aromatic carbocycles. The van der Waals surface area contributed by atoms with Crippen molar-refractivity contribution in [3.05, 3.63) is 53.7 Å². The van der Waals surface area contributed by atoms with E-state index in [4.69, 9.17) is 10.00 Å². The van der Waals surface area contributed by atoms with Crippen molar-refractivity contribution in [2.75, 3.05) is 33.1 Å². The lowest BCUT2D eigenvalue weighted by Gasteiger charge is -2.25. The van der Waals surface area contributed by atoms with Gasteiger partial charge in [-0.2, -0.15) is 5.26 Å². The number of hydrogen-bond donors (Lipinski definition) is 1. The average Bonchev–Trinajstić information content (AvgIpc) is 2.56. The fourth-order valence-corrected chi connectivity index (χ4v) is 2.19. The summed E-state index contributed by atoms with van der Waals surface area (Å²) in [4.78, 5) is 6.38. The molecule has 114 valence electrons. The Kier molecular flexibility index (Phi) is 5.34. The number of aromatic nitrogens is 1. The van der Waals surface area contributed by atoms with E-state index in [-0.39, 0.29) is 6.04 Å². The highest BCUT2D eigenvalue weighted by molar-refractivity contribution is 5.39. The third-order valence-corrected chi connectivity index (χ3v) is 3.49. The number of hydrogen-bond acceptors (Lipinski definition) is 5. The molecule has 1 unspecified atom stereocenters. The number of nitriles is 1. The Hall–Kier alpha value is -2.58. The molecular formula is C17H20N4O. The van der Waals surface area contributed by atoms with Crippen molar-refractivity contribution < 1.29 is 4.74 Å². The van der Waals surface area contributed by atoms with Crippen LogP contribution in [-0.2, 0) is 0 Å². The Bertz CT molecular complexity index is 629. The highest BCUT2D eigenvalue weighted by Crippen LogP contribution is 2.21. The van der Waals surface area contributed by atoms with Crippen molar-refractivity contribution >= 4 is 5.82 Å². The third-order valence-electron chi connectivity index (χ3n) is 3.49. The molecular weight excluding hydrogens is 276 g/mol. The highest BCUT2D eigenvalue weighted by Gasteiger charge is 2.14. The molecule has 0 aliphatic carbocycles. The van der Waals surface area contributed by atoms with E-state index >= 15 is 0 Å². The molecule has 2 aromatic rings. The van der Waals surface area contributed by atoms with Crippen LogP contribution in [0.15, 0.2) is 42.6 Å². The summed E-state index contributed by atoms with van der Waals surface area (Å²) in [6, 6.07) is 13.9. The normalized spacial score (nSPS) is 11.8. The minimum Gasteiger partial charge on any atom is -0.497 e. The van der Waals surface area contributed by atoms with E-state index in [1.807, 2.05) is 32.3 Å². The second kappa shape index (κ2) is 7.43. The van der Waals surface area contributed by atoms with Crippen LogP contribution in [0.1, 0.15) is 17.2 Å². The Labute approximate surface area is 131 Å². The zero-order valence-electron chi connectivity index (χ0n) is 13.1. The smallest absolute Gasteiger partial charge is 0.126 e. The highest BCUT2D eigenvalue weighted by atomic mass is 16.5. The SMILES string of the molecule is COc1ccc(C(CNc2ccc(C#N)cn2)N(C)C)cc1.